The third kappa shape index (κ3) is 5.47. The fraction of sp³-hybridized carbons (Fsp3) is 0.129. The number of hydrogen-bond acceptors (Lipinski definition) is 6. The van der Waals surface area contributed by atoms with Gasteiger partial charge in [-0.15, -0.1) is 0 Å². The molecular formula is C31H25IO6. The lowest BCUT2D eigenvalue weighted by molar-refractivity contribution is 0.266. The van der Waals surface area contributed by atoms with Crippen molar-refractivity contribution in [2.45, 2.75) is 13.2 Å². The van der Waals surface area contributed by atoms with Crippen LogP contribution < -0.4 is 24.4 Å². The van der Waals surface area contributed by atoms with E-state index in [0.29, 0.717) is 40.4 Å². The fourth-order valence-corrected chi connectivity index (χ4v) is 4.55. The number of ether oxygens (including phenoxy) is 4. The normalized spacial score (nSPS) is 10.8. The third-order valence-corrected chi connectivity index (χ3v) is 6.66. The number of halogens is 1. The summed E-state index contributed by atoms with van der Waals surface area (Å²) >= 11 is 2.19. The molecule has 0 unspecified atom stereocenters. The van der Waals surface area contributed by atoms with Gasteiger partial charge in [0.2, 0.25) is 16.9 Å². The average Bonchev–Trinajstić information content (AvgIpc) is 2.96. The van der Waals surface area contributed by atoms with Crippen LogP contribution in [0, 0.1) is 3.57 Å². The van der Waals surface area contributed by atoms with Crippen LogP contribution in [0.25, 0.3) is 22.3 Å². The predicted molar refractivity (Wildman–Crippen MR) is 155 cm³/mol. The summed E-state index contributed by atoms with van der Waals surface area (Å²) in [6.45, 7) is 0.544. The summed E-state index contributed by atoms with van der Waals surface area (Å²) in [6, 6.07) is 28.5. The number of benzene rings is 4. The second-order valence-corrected chi connectivity index (χ2v) is 9.73. The van der Waals surface area contributed by atoms with E-state index in [1.54, 1.807) is 32.4 Å². The first-order valence-electron chi connectivity index (χ1n) is 11.9. The van der Waals surface area contributed by atoms with Gasteiger partial charge in [0.05, 0.1) is 19.6 Å². The molecule has 0 saturated heterocycles. The van der Waals surface area contributed by atoms with E-state index in [1.807, 2.05) is 72.8 Å². The number of hydrogen-bond donors (Lipinski definition) is 0. The van der Waals surface area contributed by atoms with Crippen molar-refractivity contribution in [2.24, 2.45) is 0 Å². The molecule has 0 N–H and O–H groups in total. The Morgan fingerprint density at radius 3 is 1.82 bits per heavy atom. The highest BCUT2D eigenvalue weighted by atomic mass is 127. The molecule has 1 heterocycles. The van der Waals surface area contributed by atoms with Gasteiger partial charge in [-0.25, -0.2) is 0 Å². The van der Waals surface area contributed by atoms with Gasteiger partial charge in [0, 0.05) is 9.13 Å². The molecule has 4 aromatic carbocycles. The maximum atomic E-state index is 13.6. The maximum Gasteiger partial charge on any atom is 0.235 e. The smallest absolute Gasteiger partial charge is 0.235 e. The van der Waals surface area contributed by atoms with Crippen LogP contribution in [0.5, 0.6) is 23.0 Å². The van der Waals surface area contributed by atoms with Crippen molar-refractivity contribution in [2.75, 3.05) is 14.2 Å². The molecule has 0 aliphatic rings. The molecule has 7 heteroatoms. The predicted octanol–water partition coefficient (Wildman–Crippen LogP) is 7.24. The zero-order chi connectivity index (χ0) is 26.5. The first kappa shape index (κ1) is 25.7. The first-order valence-corrected chi connectivity index (χ1v) is 13.0. The van der Waals surface area contributed by atoms with Crippen molar-refractivity contribution in [1.29, 1.82) is 0 Å². The summed E-state index contributed by atoms with van der Waals surface area (Å²) in [5, 5.41) is 0.443. The van der Waals surface area contributed by atoms with Gasteiger partial charge in [-0.05, 0) is 64.0 Å². The van der Waals surface area contributed by atoms with Crippen molar-refractivity contribution in [3.8, 4) is 34.3 Å². The molecule has 0 aliphatic heterocycles. The van der Waals surface area contributed by atoms with Crippen molar-refractivity contribution in [3.63, 3.8) is 0 Å². The standard InChI is InChI=1S/C31H25IO6/c1-34-26-15-22(16-27(35-2)30(26)36-18-20-9-5-3-6-10-20)29-31(37-19-21-11-7-4-8-12-21)28(33)24-14-13-23(32)17-25(24)38-29/h3-17H,18-19H2,1-2H3. The molecule has 0 spiro atoms. The Labute approximate surface area is 233 Å². The van der Waals surface area contributed by atoms with Crippen molar-refractivity contribution in [1.82, 2.24) is 0 Å². The lowest BCUT2D eigenvalue weighted by Gasteiger charge is -2.17. The first-order chi connectivity index (χ1) is 18.6. The van der Waals surface area contributed by atoms with Crippen molar-refractivity contribution < 1.29 is 23.4 Å². The Morgan fingerprint density at radius 1 is 0.711 bits per heavy atom. The number of fused-ring (bicyclic) bond motifs is 1. The SMILES string of the molecule is COc1cc(-c2oc3cc(I)ccc3c(=O)c2OCc2ccccc2)cc(OC)c1OCc1ccccc1. The van der Waals surface area contributed by atoms with Crippen molar-refractivity contribution >= 4 is 33.6 Å². The van der Waals surface area contributed by atoms with E-state index in [-0.39, 0.29) is 23.5 Å². The number of methoxy groups -OCH3 is 2. The summed E-state index contributed by atoms with van der Waals surface area (Å²) in [6.07, 6.45) is 0. The summed E-state index contributed by atoms with van der Waals surface area (Å²) < 4.78 is 30.8. The minimum absolute atomic E-state index is 0.115. The van der Waals surface area contributed by atoms with Gasteiger partial charge >= 0.3 is 0 Å². The summed E-state index contributed by atoms with van der Waals surface area (Å²) in [5.74, 6) is 1.73. The second kappa shape index (κ2) is 11.6. The molecule has 5 rings (SSSR count). The van der Waals surface area contributed by atoms with Gasteiger partial charge in [-0.1, -0.05) is 60.7 Å². The Bertz CT molecular complexity index is 1590. The average molecular weight is 620 g/mol. The third-order valence-electron chi connectivity index (χ3n) is 5.99. The summed E-state index contributed by atoms with van der Waals surface area (Å²) in [7, 11) is 3.11. The van der Waals surface area contributed by atoms with E-state index in [0.717, 1.165) is 14.7 Å². The van der Waals surface area contributed by atoms with Gasteiger partial charge in [-0.3, -0.25) is 4.79 Å². The zero-order valence-electron chi connectivity index (χ0n) is 20.9. The van der Waals surface area contributed by atoms with Crippen LogP contribution in [0.2, 0.25) is 0 Å². The molecular weight excluding hydrogens is 595 g/mol. The topological polar surface area (TPSA) is 67.1 Å². The molecule has 0 aliphatic carbocycles. The monoisotopic (exact) mass is 620 g/mol. The van der Waals surface area contributed by atoms with Crippen LogP contribution in [0.3, 0.4) is 0 Å². The molecule has 0 saturated carbocycles. The van der Waals surface area contributed by atoms with Crippen LogP contribution in [0.1, 0.15) is 11.1 Å². The van der Waals surface area contributed by atoms with Gasteiger partial charge in [-0.2, -0.15) is 0 Å². The fourth-order valence-electron chi connectivity index (χ4n) is 4.08. The van der Waals surface area contributed by atoms with E-state index in [9.17, 15) is 4.79 Å². The van der Waals surface area contributed by atoms with E-state index in [2.05, 4.69) is 22.6 Å². The molecule has 0 atom stereocenters. The van der Waals surface area contributed by atoms with Crippen LogP contribution in [-0.4, -0.2) is 14.2 Å². The van der Waals surface area contributed by atoms with Crippen LogP contribution in [0.4, 0.5) is 0 Å². The highest BCUT2D eigenvalue weighted by molar-refractivity contribution is 14.1. The Kier molecular flexibility index (Phi) is 7.83. The van der Waals surface area contributed by atoms with E-state index in [1.165, 1.54) is 0 Å². The molecule has 192 valence electrons. The van der Waals surface area contributed by atoms with Crippen molar-refractivity contribution in [3.05, 3.63) is 116 Å². The van der Waals surface area contributed by atoms with E-state index < -0.39 is 0 Å². The zero-order valence-corrected chi connectivity index (χ0v) is 23.1. The minimum Gasteiger partial charge on any atom is -0.493 e. The minimum atomic E-state index is -0.254. The Balaban J connectivity index is 1.61. The lowest BCUT2D eigenvalue weighted by atomic mass is 10.1. The quantitative estimate of drug-likeness (QED) is 0.162. The molecule has 6 nitrogen and oxygen atoms in total. The maximum absolute atomic E-state index is 13.6. The Hall–Kier alpha value is -3.98. The second-order valence-electron chi connectivity index (χ2n) is 8.49. The molecule has 1 aromatic heterocycles. The molecule has 5 aromatic rings. The largest absolute Gasteiger partial charge is 0.493 e. The van der Waals surface area contributed by atoms with Gasteiger partial charge < -0.3 is 23.4 Å². The molecule has 38 heavy (non-hydrogen) atoms. The molecule has 0 amide bonds. The molecule has 0 fully saturated rings. The van der Waals surface area contributed by atoms with Gasteiger partial charge in [0.1, 0.15) is 18.8 Å². The Morgan fingerprint density at radius 2 is 1.26 bits per heavy atom. The van der Waals surface area contributed by atoms with Crippen LogP contribution in [-0.2, 0) is 13.2 Å². The van der Waals surface area contributed by atoms with E-state index >= 15 is 0 Å². The van der Waals surface area contributed by atoms with Crippen LogP contribution in [0.15, 0.2) is 100 Å². The molecule has 0 bridgehead atoms. The molecule has 0 radical (unpaired) electrons. The van der Waals surface area contributed by atoms with Gasteiger partial charge in [0.25, 0.3) is 0 Å². The van der Waals surface area contributed by atoms with Gasteiger partial charge in [0.15, 0.2) is 17.3 Å². The van der Waals surface area contributed by atoms with Crippen LogP contribution >= 0.6 is 22.6 Å². The highest BCUT2D eigenvalue weighted by Crippen LogP contribution is 2.44. The van der Waals surface area contributed by atoms with E-state index in [4.69, 9.17) is 23.4 Å². The summed E-state index contributed by atoms with van der Waals surface area (Å²) in [4.78, 5) is 13.6. The number of rotatable bonds is 9. The summed E-state index contributed by atoms with van der Waals surface area (Å²) in [5.41, 5.74) is 2.71. The highest BCUT2D eigenvalue weighted by Gasteiger charge is 2.22. The lowest BCUT2D eigenvalue weighted by Crippen LogP contribution is -2.10.